The van der Waals surface area contributed by atoms with Crippen LogP contribution in [-0.2, 0) is 29.0 Å². The van der Waals surface area contributed by atoms with Crippen molar-refractivity contribution in [2.24, 2.45) is 5.16 Å². The number of oxime groups is 1. The predicted molar refractivity (Wildman–Crippen MR) is 118 cm³/mol. The average Bonchev–Trinajstić information content (AvgIpc) is 3.53. The van der Waals surface area contributed by atoms with Crippen LogP contribution in [0.25, 0.3) is 0 Å². The lowest BCUT2D eigenvalue weighted by Gasteiger charge is -2.11. The Morgan fingerprint density at radius 2 is 1.73 bits per heavy atom. The first-order valence-electron chi connectivity index (χ1n) is 10.4. The van der Waals surface area contributed by atoms with Crippen molar-refractivity contribution in [3.63, 3.8) is 0 Å². The van der Waals surface area contributed by atoms with Crippen LogP contribution in [0.5, 0.6) is 0 Å². The lowest BCUT2D eigenvalue weighted by atomic mass is 10.1. The molecule has 0 bridgehead atoms. The zero-order valence-corrected chi connectivity index (χ0v) is 18.7. The highest BCUT2D eigenvalue weighted by Gasteiger charge is 2.36. The smallest absolute Gasteiger partial charge is 0.279 e. The highest BCUT2D eigenvalue weighted by atomic mass is 32.2. The Bertz CT molecular complexity index is 1150. The van der Waals surface area contributed by atoms with Crippen LogP contribution in [0.15, 0.2) is 46.7 Å². The van der Waals surface area contributed by atoms with Crippen LogP contribution in [0.3, 0.4) is 0 Å². The van der Waals surface area contributed by atoms with E-state index < -0.39 is 15.7 Å². The van der Waals surface area contributed by atoms with E-state index in [1.54, 1.807) is 0 Å². The SMILES string of the molecule is CC(=O)Nc1cnc(NC(=O)C(=NO[C@@H]2CCOC2)c2ccc(S(=O)(=O)C3CC3)cc2)cn1. The molecule has 2 heterocycles. The number of anilines is 2. The molecular formula is C21H23N5O6S. The second kappa shape index (κ2) is 9.63. The molecule has 4 rings (SSSR count). The summed E-state index contributed by atoms with van der Waals surface area (Å²) in [7, 11) is -3.35. The molecule has 174 valence electrons. The van der Waals surface area contributed by atoms with Crippen LogP contribution in [0.1, 0.15) is 31.7 Å². The van der Waals surface area contributed by atoms with Gasteiger partial charge in [0.1, 0.15) is 0 Å². The lowest BCUT2D eigenvalue weighted by Crippen LogP contribution is -2.26. The Morgan fingerprint density at radius 3 is 2.27 bits per heavy atom. The molecule has 1 atom stereocenters. The standard InChI is InChI=1S/C21H23N5O6S/c1-13(27)24-18-10-23-19(11-22-18)25-21(28)20(26-32-15-8-9-31-12-15)14-2-4-16(5-3-14)33(29,30)17-6-7-17/h2-5,10-11,15,17H,6-9,12H2,1H3,(H,22,24,27)(H,23,25,28)/t15-/m1/s1. The van der Waals surface area contributed by atoms with Crippen molar-refractivity contribution in [1.29, 1.82) is 0 Å². The van der Waals surface area contributed by atoms with E-state index in [1.807, 2.05) is 0 Å². The fourth-order valence-electron chi connectivity index (χ4n) is 3.13. The number of hydrogen-bond acceptors (Lipinski definition) is 9. The van der Waals surface area contributed by atoms with Crippen molar-refractivity contribution in [3.05, 3.63) is 42.2 Å². The molecule has 2 aromatic rings. The van der Waals surface area contributed by atoms with Gasteiger partial charge < -0.3 is 20.2 Å². The van der Waals surface area contributed by atoms with Crippen LogP contribution in [0.2, 0.25) is 0 Å². The number of nitrogens with zero attached hydrogens (tertiary/aromatic N) is 3. The summed E-state index contributed by atoms with van der Waals surface area (Å²) in [5, 5.41) is 8.78. The molecule has 2 fully saturated rings. The van der Waals surface area contributed by atoms with Crippen molar-refractivity contribution in [3.8, 4) is 0 Å². The molecule has 33 heavy (non-hydrogen) atoms. The van der Waals surface area contributed by atoms with E-state index in [9.17, 15) is 18.0 Å². The molecule has 0 unspecified atom stereocenters. The summed E-state index contributed by atoms with van der Waals surface area (Å²) < 4.78 is 30.2. The Morgan fingerprint density at radius 1 is 1.06 bits per heavy atom. The first-order valence-corrected chi connectivity index (χ1v) is 11.9. The van der Waals surface area contributed by atoms with E-state index in [4.69, 9.17) is 9.57 Å². The summed E-state index contributed by atoms with van der Waals surface area (Å²) in [6.45, 7) is 2.26. The Kier molecular flexibility index (Phi) is 6.65. The number of hydrogen-bond donors (Lipinski definition) is 2. The second-order valence-corrected chi connectivity index (χ2v) is 9.95. The van der Waals surface area contributed by atoms with Crippen LogP contribution in [0, 0.1) is 0 Å². The molecule has 2 N–H and O–H groups in total. The van der Waals surface area contributed by atoms with Crippen LogP contribution in [0.4, 0.5) is 11.6 Å². The van der Waals surface area contributed by atoms with Gasteiger partial charge in [0.2, 0.25) is 5.91 Å². The van der Waals surface area contributed by atoms with Gasteiger partial charge in [-0.3, -0.25) is 9.59 Å². The molecule has 2 aliphatic rings. The van der Waals surface area contributed by atoms with Crippen molar-refractivity contribution < 1.29 is 27.6 Å². The molecule has 0 spiro atoms. The van der Waals surface area contributed by atoms with E-state index in [-0.39, 0.29) is 39.5 Å². The number of sulfone groups is 1. The van der Waals surface area contributed by atoms with Crippen LogP contribution < -0.4 is 10.6 Å². The van der Waals surface area contributed by atoms with Gasteiger partial charge in [-0.2, -0.15) is 0 Å². The first-order chi connectivity index (χ1) is 15.8. The van der Waals surface area contributed by atoms with Crippen molar-refractivity contribution >= 4 is 39.0 Å². The van der Waals surface area contributed by atoms with E-state index in [0.717, 1.165) is 0 Å². The lowest BCUT2D eigenvalue weighted by molar-refractivity contribution is -0.114. The summed E-state index contributed by atoms with van der Waals surface area (Å²) in [5.74, 6) is -0.533. The maximum Gasteiger partial charge on any atom is 0.279 e. The van der Waals surface area contributed by atoms with E-state index >= 15 is 0 Å². The molecule has 1 aliphatic heterocycles. The van der Waals surface area contributed by atoms with Gasteiger partial charge >= 0.3 is 0 Å². The zero-order valence-electron chi connectivity index (χ0n) is 17.9. The Balaban J connectivity index is 1.54. The molecule has 1 aromatic carbocycles. The second-order valence-electron chi connectivity index (χ2n) is 7.72. The van der Waals surface area contributed by atoms with Crippen molar-refractivity contribution in [1.82, 2.24) is 9.97 Å². The highest BCUT2D eigenvalue weighted by molar-refractivity contribution is 7.92. The number of ether oxygens (including phenoxy) is 1. The largest absolute Gasteiger partial charge is 0.389 e. The van der Waals surface area contributed by atoms with Gasteiger partial charge in [0.25, 0.3) is 5.91 Å². The fraction of sp³-hybridized carbons (Fsp3) is 0.381. The van der Waals surface area contributed by atoms with Crippen molar-refractivity contribution in [2.75, 3.05) is 23.8 Å². The number of carbonyl (C=O) groups is 2. The van der Waals surface area contributed by atoms with Gasteiger partial charge in [-0.05, 0) is 25.0 Å². The number of benzene rings is 1. The number of rotatable bonds is 8. The minimum Gasteiger partial charge on any atom is -0.389 e. The Labute approximate surface area is 190 Å². The topological polar surface area (TPSA) is 149 Å². The molecule has 1 aromatic heterocycles. The van der Waals surface area contributed by atoms with E-state index in [2.05, 4.69) is 25.8 Å². The quantitative estimate of drug-likeness (QED) is 0.433. The molecule has 12 heteroatoms. The van der Waals surface area contributed by atoms with Gasteiger partial charge in [0.15, 0.2) is 33.3 Å². The number of nitrogens with one attached hydrogen (secondary N) is 2. The summed E-state index contributed by atoms with van der Waals surface area (Å²) in [4.78, 5) is 37.8. The van der Waals surface area contributed by atoms with E-state index in [0.29, 0.717) is 38.0 Å². The monoisotopic (exact) mass is 473 g/mol. The minimum atomic E-state index is -3.35. The fourth-order valence-corrected chi connectivity index (χ4v) is 4.79. The minimum absolute atomic E-state index is 0.0509. The predicted octanol–water partition coefficient (Wildman–Crippen LogP) is 1.52. The summed E-state index contributed by atoms with van der Waals surface area (Å²) in [5.41, 5.74) is 0.328. The third-order valence-electron chi connectivity index (χ3n) is 5.01. The van der Waals surface area contributed by atoms with Crippen molar-refractivity contribution in [2.45, 2.75) is 42.4 Å². The third kappa shape index (κ3) is 5.71. The Hall–Kier alpha value is -3.38. The highest BCUT2D eigenvalue weighted by Crippen LogP contribution is 2.33. The molecule has 2 amide bonds. The summed E-state index contributed by atoms with van der Waals surface area (Å²) >= 11 is 0. The number of carbonyl (C=O) groups excluding carboxylic acids is 2. The summed E-state index contributed by atoms with van der Waals surface area (Å²) in [6.07, 6.45) is 4.29. The molecule has 11 nitrogen and oxygen atoms in total. The molecule has 1 aliphatic carbocycles. The number of amides is 2. The van der Waals surface area contributed by atoms with Gasteiger partial charge in [0, 0.05) is 18.9 Å². The first kappa shape index (κ1) is 22.8. The molecular weight excluding hydrogens is 450 g/mol. The van der Waals surface area contributed by atoms with Crippen LogP contribution >= 0.6 is 0 Å². The third-order valence-corrected chi connectivity index (χ3v) is 7.29. The maximum absolute atomic E-state index is 13.0. The van der Waals surface area contributed by atoms with Gasteiger partial charge in [-0.25, -0.2) is 18.4 Å². The van der Waals surface area contributed by atoms with Gasteiger partial charge in [-0.1, -0.05) is 17.3 Å². The van der Waals surface area contributed by atoms with Gasteiger partial charge in [-0.15, -0.1) is 0 Å². The van der Waals surface area contributed by atoms with E-state index in [1.165, 1.54) is 43.6 Å². The molecule has 0 radical (unpaired) electrons. The zero-order chi connectivity index (χ0) is 23.4. The maximum atomic E-state index is 13.0. The van der Waals surface area contributed by atoms with Crippen LogP contribution in [-0.4, -0.2) is 60.5 Å². The molecule has 1 saturated heterocycles. The van der Waals surface area contributed by atoms with Gasteiger partial charge in [0.05, 0.1) is 35.8 Å². The summed E-state index contributed by atoms with van der Waals surface area (Å²) in [6, 6.07) is 5.97. The average molecular weight is 474 g/mol. The normalized spacial score (nSPS) is 18.6. The molecule has 1 saturated carbocycles. The number of aromatic nitrogens is 2.